The number of fused-ring (bicyclic) bond motifs is 5. The standard InChI is InChI=1S/C19H26O2/c1-18-9-4-6-13(18)17-14(8-10-18)19(2)12(11-15(17)20)5-3-7-16(19)21/h4-5,7,9,13-15,17,20-21H,3,6,8,10-11H2,1-2H3/t13-,14-,15?,17-,18-,19-/m0/s1. The van der Waals surface area contributed by atoms with E-state index in [2.05, 4.69) is 32.1 Å². The van der Waals surface area contributed by atoms with Crippen LogP contribution in [0.1, 0.15) is 46.0 Å². The van der Waals surface area contributed by atoms with E-state index in [0.717, 1.165) is 25.7 Å². The number of hydrogen-bond donors (Lipinski definition) is 2. The number of rotatable bonds is 0. The summed E-state index contributed by atoms with van der Waals surface area (Å²) >= 11 is 0. The quantitative estimate of drug-likeness (QED) is 0.657. The Morgan fingerprint density at radius 3 is 2.81 bits per heavy atom. The molecule has 0 amide bonds. The third-order valence-corrected chi connectivity index (χ3v) is 7.15. The van der Waals surface area contributed by atoms with Crippen molar-refractivity contribution in [2.75, 3.05) is 0 Å². The van der Waals surface area contributed by atoms with Crippen LogP contribution in [0.5, 0.6) is 0 Å². The largest absolute Gasteiger partial charge is 0.512 e. The summed E-state index contributed by atoms with van der Waals surface area (Å²) < 4.78 is 0. The van der Waals surface area contributed by atoms with Crippen LogP contribution in [0.2, 0.25) is 0 Å². The number of allylic oxidation sites excluding steroid dienone is 5. The van der Waals surface area contributed by atoms with Crippen LogP contribution in [0, 0.1) is 28.6 Å². The van der Waals surface area contributed by atoms with Crippen LogP contribution < -0.4 is 0 Å². The Hall–Kier alpha value is -1.02. The summed E-state index contributed by atoms with van der Waals surface area (Å²) in [6.45, 7) is 4.56. The molecule has 114 valence electrons. The van der Waals surface area contributed by atoms with E-state index in [0.29, 0.717) is 23.5 Å². The lowest BCUT2D eigenvalue weighted by molar-refractivity contribution is -0.0881. The first-order chi connectivity index (χ1) is 9.97. The van der Waals surface area contributed by atoms with Crippen LogP contribution in [-0.4, -0.2) is 16.3 Å². The Balaban J connectivity index is 1.78. The molecule has 0 aliphatic heterocycles. The molecule has 2 nitrogen and oxygen atoms in total. The second-order valence-corrected chi connectivity index (χ2v) is 8.00. The van der Waals surface area contributed by atoms with E-state index in [1.165, 1.54) is 12.0 Å². The Kier molecular flexibility index (Phi) is 2.76. The molecule has 0 saturated heterocycles. The maximum Gasteiger partial charge on any atom is 0.0988 e. The molecular weight excluding hydrogens is 260 g/mol. The van der Waals surface area contributed by atoms with Gasteiger partial charge in [-0.05, 0) is 68.3 Å². The maximum absolute atomic E-state index is 10.8. The highest BCUT2D eigenvalue weighted by Gasteiger charge is 2.59. The van der Waals surface area contributed by atoms with Gasteiger partial charge in [-0.2, -0.15) is 0 Å². The summed E-state index contributed by atoms with van der Waals surface area (Å²) in [6, 6.07) is 0. The fraction of sp³-hybridized carbons (Fsp3) is 0.684. The van der Waals surface area contributed by atoms with Gasteiger partial charge in [-0.15, -0.1) is 0 Å². The normalized spacial score (nSPS) is 51.6. The van der Waals surface area contributed by atoms with Gasteiger partial charge < -0.3 is 10.2 Å². The molecule has 2 saturated carbocycles. The highest BCUT2D eigenvalue weighted by atomic mass is 16.3. The van der Waals surface area contributed by atoms with Crippen LogP contribution in [0.25, 0.3) is 0 Å². The predicted octanol–water partition coefficient (Wildman–Crippen LogP) is 4.14. The van der Waals surface area contributed by atoms with E-state index < -0.39 is 0 Å². The Morgan fingerprint density at radius 2 is 2.00 bits per heavy atom. The summed E-state index contributed by atoms with van der Waals surface area (Å²) in [4.78, 5) is 0. The number of aliphatic hydroxyl groups is 2. The minimum atomic E-state index is -0.246. The monoisotopic (exact) mass is 286 g/mol. The van der Waals surface area contributed by atoms with Crippen molar-refractivity contribution in [2.45, 2.75) is 52.1 Å². The zero-order valence-electron chi connectivity index (χ0n) is 13.0. The van der Waals surface area contributed by atoms with Gasteiger partial charge in [0.05, 0.1) is 11.9 Å². The molecule has 4 rings (SSSR count). The van der Waals surface area contributed by atoms with Crippen molar-refractivity contribution in [3.63, 3.8) is 0 Å². The fourth-order valence-electron chi connectivity index (χ4n) is 5.88. The molecular formula is C19H26O2. The third-order valence-electron chi connectivity index (χ3n) is 7.15. The highest BCUT2D eigenvalue weighted by molar-refractivity contribution is 5.36. The van der Waals surface area contributed by atoms with E-state index in [-0.39, 0.29) is 16.9 Å². The van der Waals surface area contributed by atoms with Crippen molar-refractivity contribution in [3.8, 4) is 0 Å². The fourth-order valence-corrected chi connectivity index (χ4v) is 5.88. The van der Waals surface area contributed by atoms with Crippen molar-refractivity contribution in [2.24, 2.45) is 28.6 Å². The van der Waals surface area contributed by atoms with Crippen LogP contribution in [0.3, 0.4) is 0 Å². The maximum atomic E-state index is 10.8. The average molecular weight is 286 g/mol. The van der Waals surface area contributed by atoms with Crippen molar-refractivity contribution in [1.29, 1.82) is 0 Å². The minimum absolute atomic E-state index is 0.230. The second kappa shape index (κ2) is 4.25. The van der Waals surface area contributed by atoms with Crippen molar-refractivity contribution in [1.82, 2.24) is 0 Å². The molecule has 21 heavy (non-hydrogen) atoms. The molecule has 0 spiro atoms. The molecule has 0 aromatic heterocycles. The summed E-state index contributed by atoms with van der Waals surface area (Å²) in [5.74, 6) is 1.78. The van der Waals surface area contributed by atoms with Gasteiger partial charge in [0, 0.05) is 5.41 Å². The van der Waals surface area contributed by atoms with E-state index >= 15 is 0 Å². The third kappa shape index (κ3) is 1.63. The zero-order chi connectivity index (χ0) is 14.8. The van der Waals surface area contributed by atoms with Gasteiger partial charge in [-0.3, -0.25) is 0 Å². The molecule has 0 aromatic rings. The zero-order valence-corrected chi connectivity index (χ0v) is 13.0. The van der Waals surface area contributed by atoms with Gasteiger partial charge >= 0.3 is 0 Å². The first kappa shape index (κ1) is 13.6. The average Bonchev–Trinajstić information content (AvgIpc) is 2.83. The molecule has 0 bridgehead atoms. The molecule has 4 aliphatic carbocycles. The van der Waals surface area contributed by atoms with Crippen molar-refractivity contribution >= 4 is 0 Å². The van der Waals surface area contributed by atoms with Crippen molar-refractivity contribution < 1.29 is 10.2 Å². The molecule has 2 fully saturated rings. The van der Waals surface area contributed by atoms with E-state index in [9.17, 15) is 10.2 Å². The summed E-state index contributed by atoms with van der Waals surface area (Å²) in [6.07, 6.45) is 13.6. The molecule has 2 heteroatoms. The number of aliphatic hydroxyl groups excluding tert-OH is 2. The van der Waals surface area contributed by atoms with E-state index in [1.807, 2.05) is 6.08 Å². The minimum Gasteiger partial charge on any atom is -0.512 e. The van der Waals surface area contributed by atoms with Crippen LogP contribution >= 0.6 is 0 Å². The Morgan fingerprint density at radius 1 is 1.19 bits per heavy atom. The molecule has 4 aliphatic rings. The summed E-state index contributed by atoms with van der Waals surface area (Å²) in [5, 5.41) is 21.5. The second-order valence-electron chi connectivity index (χ2n) is 8.00. The highest BCUT2D eigenvalue weighted by Crippen LogP contribution is 2.64. The SMILES string of the molecule is C[C@]12C(O)=CCC=C1CC(O)[C@@H]1[C@@H]2CC[C@]2(C)C=CC[C@@H]12. The Labute approximate surface area is 127 Å². The van der Waals surface area contributed by atoms with Crippen molar-refractivity contribution in [3.05, 3.63) is 35.6 Å². The van der Waals surface area contributed by atoms with Gasteiger partial charge in [0.15, 0.2) is 0 Å². The van der Waals surface area contributed by atoms with Gasteiger partial charge in [-0.1, -0.05) is 30.7 Å². The topological polar surface area (TPSA) is 40.5 Å². The van der Waals surface area contributed by atoms with Gasteiger partial charge in [-0.25, -0.2) is 0 Å². The molecule has 0 radical (unpaired) electrons. The smallest absolute Gasteiger partial charge is 0.0988 e. The molecule has 2 N–H and O–H groups in total. The van der Waals surface area contributed by atoms with E-state index in [1.54, 1.807) is 0 Å². The Bertz CT molecular complexity index is 558. The van der Waals surface area contributed by atoms with Crippen LogP contribution in [0.4, 0.5) is 0 Å². The van der Waals surface area contributed by atoms with E-state index in [4.69, 9.17) is 0 Å². The predicted molar refractivity (Wildman–Crippen MR) is 83.7 cm³/mol. The number of hydrogen-bond acceptors (Lipinski definition) is 2. The summed E-state index contributed by atoms with van der Waals surface area (Å²) in [7, 11) is 0. The lowest BCUT2D eigenvalue weighted by Gasteiger charge is -2.58. The van der Waals surface area contributed by atoms with Gasteiger partial charge in [0.25, 0.3) is 0 Å². The molecule has 6 atom stereocenters. The first-order valence-corrected chi connectivity index (χ1v) is 8.42. The molecule has 0 aromatic carbocycles. The van der Waals surface area contributed by atoms with Crippen LogP contribution in [-0.2, 0) is 0 Å². The molecule has 1 unspecified atom stereocenters. The molecule has 0 heterocycles. The lowest BCUT2D eigenvalue weighted by Crippen LogP contribution is -2.54. The summed E-state index contributed by atoms with van der Waals surface area (Å²) in [5.41, 5.74) is 1.30. The first-order valence-electron chi connectivity index (χ1n) is 8.42. The lowest BCUT2D eigenvalue weighted by atomic mass is 9.47. The van der Waals surface area contributed by atoms with Gasteiger partial charge in [0.2, 0.25) is 0 Å². The van der Waals surface area contributed by atoms with Gasteiger partial charge in [0.1, 0.15) is 0 Å². The van der Waals surface area contributed by atoms with Crippen LogP contribution in [0.15, 0.2) is 35.6 Å².